The number of rotatable bonds is 3. The first-order valence-electron chi connectivity index (χ1n) is 7.84. The number of para-hydroxylation sites is 1. The zero-order valence-electron chi connectivity index (χ0n) is 13.0. The molecule has 0 aromatic heterocycles. The summed E-state index contributed by atoms with van der Waals surface area (Å²) in [5.74, 6) is -0.887. The molecule has 0 saturated heterocycles. The molecule has 3 aromatic rings. The van der Waals surface area contributed by atoms with Crippen LogP contribution < -0.4 is 4.90 Å². The molecule has 1 aliphatic heterocycles. The lowest BCUT2D eigenvalue weighted by Gasteiger charge is -2.19. The van der Waals surface area contributed by atoms with Crippen molar-refractivity contribution in [3.05, 3.63) is 90.0 Å². The molecule has 0 saturated carbocycles. The first-order chi connectivity index (χ1) is 11.8. The summed E-state index contributed by atoms with van der Waals surface area (Å²) in [5, 5.41) is 0. The molecule has 0 radical (unpaired) electrons. The van der Waals surface area contributed by atoms with E-state index in [4.69, 9.17) is 0 Å². The minimum Gasteiger partial charge on any atom is -0.300 e. The van der Waals surface area contributed by atoms with Gasteiger partial charge in [-0.1, -0.05) is 66.7 Å². The van der Waals surface area contributed by atoms with E-state index in [1.54, 1.807) is 17.0 Å². The van der Waals surface area contributed by atoms with Crippen LogP contribution in [0.2, 0.25) is 0 Å². The molecule has 0 spiro atoms. The maximum atomic E-state index is 12.4. The molecule has 0 N–H and O–H groups in total. The molecule has 0 fully saturated rings. The second kappa shape index (κ2) is 5.78. The van der Waals surface area contributed by atoms with Crippen LogP contribution in [0.1, 0.15) is 15.9 Å². The predicted octanol–water partition coefficient (Wildman–Crippen LogP) is 4.08. The van der Waals surface area contributed by atoms with Crippen LogP contribution in [-0.2, 0) is 11.3 Å². The van der Waals surface area contributed by atoms with Gasteiger partial charge in [0.05, 0.1) is 17.8 Å². The Hall–Kier alpha value is -3.20. The van der Waals surface area contributed by atoms with Crippen LogP contribution in [0.3, 0.4) is 0 Å². The summed E-state index contributed by atoms with van der Waals surface area (Å²) in [6.45, 7) is 0.382. The van der Waals surface area contributed by atoms with Gasteiger partial charge >= 0.3 is 0 Å². The number of ketones is 1. The third-order valence-corrected chi connectivity index (χ3v) is 4.31. The molecular weight excluding hydrogens is 298 g/mol. The predicted molar refractivity (Wildman–Crippen MR) is 93.8 cm³/mol. The molecule has 0 bridgehead atoms. The number of carbonyl (C=O) groups is 2. The summed E-state index contributed by atoms with van der Waals surface area (Å²) in [7, 11) is 0. The summed E-state index contributed by atoms with van der Waals surface area (Å²) >= 11 is 0. The molecule has 3 heteroatoms. The van der Waals surface area contributed by atoms with E-state index in [0.717, 1.165) is 16.7 Å². The van der Waals surface area contributed by atoms with Crippen molar-refractivity contribution in [2.45, 2.75) is 6.54 Å². The SMILES string of the molecule is O=C1C(=O)N(Cc2ccccc2-c2ccccc2)c2ccccc21. The van der Waals surface area contributed by atoms with E-state index in [-0.39, 0.29) is 0 Å². The normalized spacial score (nSPS) is 13.2. The lowest BCUT2D eigenvalue weighted by atomic mass is 9.99. The second-order valence-electron chi connectivity index (χ2n) is 5.76. The molecule has 0 atom stereocenters. The Balaban J connectivity index is 1.75. The van der Waals surface area contributed by atoms with Crippen LogP contribution in [0.15, 0.2) is 78.9 Å². The fourth-order valence-corrected chi connectivity index (χ4v) is 3.13. The number of carbonyl (C=O) groups excluding carboxylic acids is 2. The van der Waals surface area contributed by atoms with Crippen LogP contribution in [0.25, 0.3) is 11.1 Å². The summed E-state index contributed by atoms with van der Waals surface area (Å²) in [6.07, 6.45) is 0. The topological polar surface area (TPSA) is 37.4 Å². The summed E-state index contributed by atoms with van der Waals surface area (Å²) in [4.78, 5) is 26.1. The average molecular weight is 313 g/mol. The van der Waals surface area contributed by atoms with Crippen LogP contribution in [-0.4, -0.2) is 11.7 Å². The molecular formula is C21H15NO2. The second-order valence-corrected chi connectivity index (χ2v) is 5.76. The molecule has 1 heterocycles. The van der Waals surface area contributed by atoms with Crippen LogP contribution in [0.4, 0.5) is 5.69 Å². The minimum atomic E-state index is -0.459. The maximum Gasteiger partial charge on any atom is 0.299 e. The number of anilines is 1. The number of nitrogens with zero attached hydrogens (tertiary/aromatic N) is 1. The van der Waals surface area contributed by atoms with Gasteiger partial charge < -0.3 is 4.90 Å². The van der Waals surface area contributed by atoms with Crippen LogP contribution >= 0.6 is 0 Å². The van der Waals surface area contributed by atoms with E-state index in [9.17, 15) is 9.59 Å². The first kappa shape index (κ1) is 14.4. The third kappa shape index (κ3) is 2.31. The number of hydrogen-bond donors (Lipinski definition) is 0. The van der Waals surface area contributed by atoms with E-state index in [1.807, 2.05) is 66.7 Å². The fourth-order valence-electron chi connectivity index (χ4n) is 3.13. The van der Waals surface area contributed by atoms with Gasteiger partial charge in [-0.2, -0.15) is 0 Å². The number of amides is 1. The van der Waals surface area contributed by atoms with Gasteiger partial charge in [0.1, 0.15) is 0 Å². The van der Waals surface area contributed by atoms with Crippen molar-refractivity contribution in [1.29, 1.82) is 0 Å². The minimum absolute atomic E-state index is 0.382. The van der Waals surface area contributed by atoms with Gasteiger partial charge in [0.25, 0.3) is 11.7 Å². The van der Waals surface area contributed by atoms with Gasteiger partial charge in [-0.3, -0.25) is 9.59 Å². The number of hydrogen-bond acceptors (Lipinski definition) is 2. The lowest BCUT2D eigenvalue weighted by Crippen LogP contribution is -2.29. The Kier molecular flexibility index (Phi) is 3.47. The quantitative estimate of drug-likeness (QED) is 0.683. The summed E-state index contributed by atoms with van der Waals surface area (Å²) in [6, 6.07) is 25.2. The Morgan fingerprint density at radius 3 is 2.08 bits per heavy atom. The van der Waals surface area contributed by atoms with Crippen molar-refractivity contribution in [3.8, 4) is 11.1 Å². The number of benzene rings is 3. The number of Topliss-reactive ketones (excluding diaryl/α,β-unsaturated/α-hetero) is 1. The Labute approximate surface area is 140 Å². The molecule has 4 rings (SSSR count). The first-order valence-corrected chi connectivity index (χ1v) is 7.84. The van der Waals surface area contributed by atoms with E-state index in [2.05, 4.69) is 0 Å². The summed E-state index contributed by atoms with van der Waals surface area (Å²) < 4.78 is 0. The molecule has 1 amide bonds. The molecule has 1 aliphatic rings. The van der Waals surface area contributed by atoms with E-state index in [1.165, 1.54) is 0 Å². The highest BCUT2D eigenvalue weighted by atomic mass is 16.2. The monoisotopic (exact) mass is 313 g/mol. The Morgan fingerprint density at radius 2 is 1.29 bits per heavy atom. The zero-order valence-corrected chi connectivity index (χ0v) is 13.0. The van der Waals surface area contributed by atoms with Crippen molar-refractivity contribution < 1.29 is 9.59 Å². The van der Waals surface area contributed by atoms with Crippen molar-refractivity contribution >= 4 is 17.4 Å². The van der Waals surface area contributed by atoms with Crippen molar-refractivity contribution in [2.24, 2.45) is 0 Å². The third-order valence-electron chi connectivity index (χ3n) is 4.31. The van der Waals surface area contributed by atoms with Gasteiger partial charge in [-0.05, 0) is 28.8 Å². The van der Waals surface area contributed by atoms with Crippen LogP contribution in [0.5, 0.6) is 0 Å². The number of fused-ring (bicyclic) bond motifs is 1. The molecule has 3 nitrogen and oxygen atoms in total. The smallest absolute Gasteiger partial charge is 0.299 e. The van der Waals surface area contributed by atoms with E-state index < -0.39 is 11.7 Å². The van der Waals surface area contributed by atoms with E-state index in [0.29, 0.717) is 17.8 Å². The average Bonchev–Trinajstić information content (AvgIpc) is 2.88. The van der Waals surface area contributed by atoms with Gasteiger partial charge in [-0.15, -0.1) is 0 Å². The standard InChI is InChI=1S/C21H15NO2/c23-20-18-12-6-7-13-19(18)22(21(20)24)14-16-10-4-5-11-17(16)15-8-2-1-3-9-15/h1-13H,14H2. The van der Waals surface area contributed by atoms with Gasteiger partial charge in [0, 0.05) is 0 Å². The fraction of sp³-hybridized carbons (Fsp3) is 0.0476. The largest absolute Gasteiger partial charge is 0.300 e. The highest BCUT2D eigenvalue weighted by Gasteiger charge is 2.35. The Morgan fingerprint density at radius 1 is 0.667 bits per heavy atom. The highest BCUT2D eigenvalue weighted by molar-refractivity contribution is 6.52. The van der Waals surface area contributed by atoms with Crippen molar-refractivity contribution in [2.75, 3.05) is 4.90 Å². The van der Waals surface area contributed by atoms with Crippen molar-refractivity contribution in [1.82, 2.24) is 0 Å². The zero-order chi connectivity index (χ0) is 16.5. The lowest BCUT2D eigenvalue weighted by molar-refractivity contribution is -0.114. The van der Waals surface area contributed by atoms with E-state index >= 15 is 0 Å². The molecule has 3 aromatic carbocycles. The molecule has 24 heavy (non-hydrogen) atoms. The van der Waals surface area contributed by atoms with Gasteiger partial charge in [0.15, 0.2) is 0 Å². The van der Waals surface area contributed by atoms with Gasteiger partial charge in [-0.25, -0.2) is 0 Å². The Bertz CT molecular complexity index is 931. The van der Waals surface area contributed by atoms with Crippen LogP contribution in [0, 0.1) is 0 Å². The highest BCUT2D eigenvalue weighted by Crippen LogP contribution is 2.32. The molecule has 0 aliphatic carbocycles. The molecule has 0 unspecified atom stereocenters. The summed E-state index contributed by atoms with van der Waals surface area (Å²) in [5.41, 5.74) is 4.36. The molecule has 116 valence electrons. The maximum absolute atomic E-state index is 12.4. The van der Waals surface area contributed by atoms with Crippen molar-refractivity contribution in [3.63, 3.8) is 0 Å². The van der Waals surface area contributed by atoms with Gasteiger partial charge in [0.2, 0.25) is 0 Å².